The molecule has 1 unspecified atom stereocenters. The highest BCUT2D eigenvalue weighted by Gasteiger charge is 2.30. The summed E-state index contributed by atoms with van der Waals surface area (Å²) in [6.07, 6.45) is 1.15. The van der Waals surface area contributed by atoms with Gasteiger partial charge in [0.05, 0.1) is 25.0 Å². The van der Waals surface area contributed by atoms with Crippen molar-refractivity contribution < 1.29 is 23.8 Å². The molecule has 1 N–H and O–H groups in total. The number of carbonyl (C=O) groups is 2. The largest absolute Gasteiger partial charge is 0.479 e. The van der Waals surface area contributed by atoms with E-state index in [-0.39, 0.29) is 19.1 Å². The van der Waals surface area contributed by atoms with Gasteiger partial charge in [0.25, 0.3) is 5.91 Å². The molecule has 1 amide bonds. The Morgan fingerprint density at radius 2 is 2.33 bits per heavy atom. The molecular formula is C12H15NO5. The van der Waals surface area contributed by atoms with Gasteiger partial charge in [0.15, 0.2) is 6.10 Å². The van der Waals surface area contributed by atoms with Crippen molar-refractivity contribution in [3.8, 4) is 0 Å². The lowest BCUT2D eigenvalue weighted by Crippen LogP contribution is -2.48. The summed E-state index contributed by atoms with van der Waals surface area (Å²) < 4.78 is 10.3. The number of carbonyl (C=O) groups excluding carboxylic acids is 1. The van der Waals surface area contributed by atoms with E-state index in [1.807, 2.05) is 6.92 Å². The summed E-state index contributed by atoms with van der Waals surface area (Å²) in [5.41, 5.74) is 0.503. The van der Waals surface area contributed by atoms with E-state index in [0.29, 0.717) is 24.3 Å². The molecule has 6 nitrogen and oxygen atoms in total. The molecule has 1 aromatic heterocycles. The minimum Gasteiger partial charge on any atom is -0.479 e. The third-order valence-corrected chi connectivity index (χ3v) is 2.93. The molecule has 0 bridgehead atoms. The Morgan fingerprint density at radius 1 is 1.56 bits per heavy atom. The molecular weight excluding hydrogens is 238 g/mol. The fraction of sp³-hybridized carbons (Fsp3) is 0.500. The van der Waals surface area contributed by atoms with Crippen LogP contribution in [0.2, 0.25) is 0 Å². The van der Waals surface area contributed by atoms with Crippen LogP contribution in [-0.2, 0) is 16.0 Å². The first-order valence-electron chi connectivity index (χ1n) is 5.83. The zero-order valence-corrected chi connectivity index (χ0v) is 10.1. The molecule has 0 aliphatic carbocycles. The van der Waals surface area contributed by atoms with Gasteiger partial charge in [-0.3, -0.25) is 4.79 Å². The molecule has 1 aliphatic heterocycles. The number of rotatable bonds is 3. The highest BCUT2D eigenvalue weighted by atomic mass is 16.5. The van der Waals surface area contributed by atoms with Gasteiger partial charge in [-0.15, -0.1) is 0 Å². The van der Waals surface area contributed by atoms with Crippen molar-refractivity contribution in [1.29, 1.82) is 0 Å². The van der Waals surface area contributed by atoms with Crippen LogP contribution in [0.1, 0.15) is 23.0 Å². The van der Waals surface area contributed by atoms with Gasteiger partial charge in [0.1, 0.15) is 5.76 Å². The third-order valence-electron chi connectivity index (χ3n) is 2.93. The van der Waals surface area contributed by atoms with Gasteiger partial charge in [-0.2, -0.15) is 0 Å². The molecule has 1 atom stereocenters. The lowest BCUT2D eigenvalue weighted by molar-refractivity contribution is -0.154. The SMILES string of the molecule is CCc1occc1C(=O)N1CCOC(C(=O)O)C1. The van der Waals surface area contributed by atoms with E-state index in [1.54, 1.807) is 6.07 Å². The second-order valence-corrected chi connectivity index (χ2v) is 4.06. The van der Waals surface area contributed by atoms with Crippen LogP contribution in [0.5, 0.6) is 0 Å². The van der Waals surface area contributed by atoms with E-state index in [1.165, 1.54) is 11.2 Å². The minimum atomic E-state index is -1.05. The minimum absolute atomic E-state index is 0.0719. The number of furan rings is 1. The molecule has 1 aliphatic rings. The van der Waals surface area contributed by atoms with Gasteiger partial charge < -0.3 is 19.2 Å². The number of hydrogen-bond acceptors (Lipinski definition) is 4. The summed E-state index contributed by atoms with van der Waals surface area (Å²) >= 11 is 0. The molecule has 1 aromatic rings. The average Bonchev–Trinajstić information content (AvgIpc) is 2.86. The van der Waals surface area contributed by atoms with Crippen molar-refractivity contribution >= 4 is 11.9 Å². The molecule has 1 saturated heterocycles. The van der Waals surface area contributed by atoms with Crippen molar-refractivity contribution in [2.45, 2.75) is 19.4 Å². The van der Waals surface area contributed by atoms with Crippen LogP contribution in [0.4, 0.5) is 0 Å². The number of ether oxygens (including phenoxy) is 1. The van der Waals surface area contributed by atoms with E-state index in [9.17, 15) is 9.59 Å². The van der Waals surface area contributed by atoms with Gasteiger partial charge in [-0.25, -0.2) is 4.79 Å². The number of nitrogens with zero attached hydrogens (tertiary/aromatic N) is 1. The molecule has 2 heterocycles. The molecule has 2 rings (SSSR count). The zero-order valence-electron chi connectivity index (χ0n) is 10.1. The quantitative estimate of drug-likeness (QED) is 0.860. The Morgan fingerprint density at radius 3 is 3.00 bits per heavy atom. The Hall–Kier alpha value is -1.82. The Labute approximate surface area is 104 Å². The number of carboxylic acids is 1. The number of carboxylic acid groups (broad SMARTS) is 1. The topological polar surface area (TPSA) is 80.0 Å². The van der Waals surface area contributed by atoms with Crippen LogP contribution < -0.4 is 0 Å². The maximum Gasteiger partial charge on any atom is 0.334 e. The second kappa shape index (κ2) is 5.22. The molecule has 18 heavy (non-hydrogen) atoms. The predicted octanol–water partition coefficient (Wildman–Crippen LogP) is 0.768. The first-order valence-corrected chi connectivity index (χ1v) is 5.83. The Bertz CT molecular complexity index is 453. The fourth-order valence-electron chi connectivity index (χ4n) is 1.96. The van der Waals surface area contributed by atoms with Crippen molar-refractivity contribution in [2.24, 2.45) is 0 Å². The third kappa shape index (κ3) is 2.38. The first kappa shape index (κ1) is 12.6. The summed E-state index contributed by atoms with van der Waals surface area (Å²) in [6, 6.07) is 1.62. The van der Waals surface area contributed by atoms with Crippen molar-refractivity contribution in [2.75, 3.05) is 19.7 Å². The summed E-state index contributed by atoms with van der Waals surface area (Å²) in [4.78, 5) is 24.6. The van der Waals surface area contributed by atoms with Crippen LogP contribution in [0.3, 0.4) is 0 Å². The van der Waals surface area contributed by atoms with E-state index in [0.717, 1.165) is 0 Å². The number of hydrogen-bond donors (Lipinski definition) is 1. The normalized spacial score (nSPS) is 19.8. The Kier molecular flexibility index (Phi) is 3.66. The first-order chi connectivity index (χ1) is 8.63. The molecule has 98 valence electrons. The van der Waals surface area contributed by atoms with E-state index in [2.05, 4.69) is 0 Å². The summed E-state index contributed by atoms with van der Waals surface area (Å²) in [5.74, 6) is -0.621. The highest BCUT2D eigenvalue weighted by Crippen LogP contribution is 2.16. The van der Waals surface area contributed by atoms with Gasteiger partial charge in [-0.05, 0) is 6.07 Å². The summed E-state index contributed by atoms with van der Waals surface area (Å²) in [5, 5.41) is 8.89. The smallest absolute Gasteiger partial charge is 0.334 e. The van der Waals surface area contributed by atoms with Gasteiger partial charge >= 0.3 is 5.97 Å². The molecule has 6 heteroatoms. The van der Waals surface area contributed by atoms with Crippen molar-refractivity contribution in [3.63, 3.8) is 0 Å². The lowest BCUT2D eigenvalue weighted by Gasteiger charge is -2.30. The Balaban J connectivity index is 2.11. The number of amides is 1. The van der Waals surface area contributed by atoms with Gasteiger partial charge in [0.2, 0.25) is 0 Å². The summed E-state index contributed by atoms with van der Waals surface area (Å²) in [7, 11) is 0. The fourth-order valence-corrected chi connectivity index (χ4v) is 1.96. The molecule has 0 aromatic carbocycles. The van der Waals surface area contributed by atoms with Crippen LogP contribution in [0.25, 0.3) is 0 Å². The van der Waals surface area contributed by atoms with E-state index >= 15 is 0 Å². The molecule has 0 spiro atoms. The average molecular weight is 253 g/mol. The van der Waals surface area contributed by atoms with Gasteiger partial charge in [-0.1, -0.05) is 6.92 Å². The predicted molar refractivity (Wildman–Crippen MR) is 61.4 cm³/mol. The highest BCUT2D eigenvalue weighted by molar-refractivity contribution is 5.95. The van der Waals surface area contributed by atoms with E-state index < -0.39 is 12.1 Å². The summed E-state index contributed by atoms with van der Waals surface area (Å²) in [6.45, 7) is 2.61. The molecule has 0 radical (unpaired) electrons. The van der Waals surface area contributed by atoms with Crippen LogP contribution in [-0.4, -0.2) is 47.7 Å². The maximum atomic E-state index is 12.2. The van der Waals surface area contributed by atoms with Crippen LogP contribution >= 0.6 is 0 Å². The molecule has 0 saturated carbocycles. The maximum absolute atomic E-state index is 12.2. The monoisotopic (exact) mass is 253 g/mol. The number of aliphatic carboxylic acids is 1. The van der Waals surface area contributed by atoms with Crippen molar-refractivity contribution in [3.05, 3.63) is 23.7 Å². The lowest BCUT2D eigenvalue weighted by atomic mass is 10.1. The molecule has 1 fully saturated rings. The number of morpholine rings is 1. The number of aryl methyl sites for hydroxylation is 1. The zero-order chi connectivity index (χ0) is 13.1. The second-order valence-electron chi connectivity index (χ2n) is 4.06. The van der Waals surface area contributed by atoms with Crippen LogP contribution in [0, 0.1) is 0 Å². The van der Waals surface area contributed by atoms with Gasteiger partial charge in [0, 0.05) is 13.0 Å². The van der Waals surface area contributed by atoms with E-state index in [4.69, 9.17) is 14.3 Å². The van der Waals surface area contributed by atoms with Crippen LogP contribution in [0.15, 0.2) is 16.7 Å². The van der Waals surface area contributed by atoms with Crippen molar-refractivity contribution in [1.82, 2.24) is 4.90 Å². The standard InChI is InChI=1S/C12H15NO5/c1-2-9-8(3-5-17-9)11(14)13-4-6-18-10(7-13)12(15)16/h3,5,10H,2,4,6-7H2,1H3,(H,15,16).